The van der Waals surface area contributed by atoms with E-state index in [0.29, 0.717) is 22.4 Å². The van der Waals surface area contributed by atoms with E-state index in [1.807, 2.05) is 18.2 Å². The minimum atomic E-state index is -3.73. The first-order chi connectivity index (χ1) is 14.9. The molecule has 0 spiro atoms. The highest BCUT2D eigenvalue weighted by atomic mass is 32.2. The van der Waals surface area contributed by atoms with E-state index in [-0.39, 0.29) is 29.2 Å². The number of fused-ring (bicyclic) bond motifs is 1. The standard InChI is InChI=1S/C21H18B2N4O3S/c22-16-6-2-4-8-20(16)31(29,30)26-10-9-24-21-12-14(15-5-1-3-7-19(15)28)11-18-17(23)13-25-27(18)21/h1-8,11-13,24,26,28H,9-10H2. The van der Waals surface area contributed by atoms with Crippen molar-refractivity contribution in [2.45, 2.75) is 4.90 Å². The van der Waals surface area contributed by atoms with E-state index in [1.54, 1.807) is 34.8 Å². The number of nitrogens with zero attached hydrogens (tertiary/aromatic N) is 2. The van der Waals surface area contributed by atoms with Gasteiger partial charge in [-0.1, -0.05) is 47.3 Å². The van der Waals surface area contributed by atoms with Gasteiger partial charge in [0.05, 0.1) is 10.4 Å². The molecule has 0 saturated heterocycles. The maximum Gasteiger partial charge on any atom is 0.240 e. The second-order valence-corrected chi connectivity index (χ2v) is 8.64. The number of sulfonamides is 1. The number of aromatic hydroxyl groups is 1. The molecule has 31 heavy (non-hydrogen) atoms. The van der Waals surface area contributed by atoms with Gasteiger partial charge in [-0.05, 0) is 29.8 Å². The van der Waals surface area contributed by atoms with Gasteiger partial charge in [0.2, 0.25) is 10.0 Å². The number of pyridine rings is 1. The zero-order valence-electron chi connectivity index (χ0n) is 16.5. The third-order valence-corrected chi connectivity index (χ3v) is 6.33. The first kappa shape index (κ1) is 21.0. The van der Waals surface area contributed by atoms with Crippen LogP contribution in [0.4, 0.5) is 5.82 Å². The molecular formula is C21H18B2N4O3S. The summed E-state index contributed by atoms with van der Waals surface area (Å²) in [5.74, 6) is 0.745. The largest absolute Gasteiger partial charge is 0.507 e. The predicted octanol–water partition coefficient (Wildman–Crippen LogP) is 0.685. The van der Waals surface area contributed by atoms with Gasteiger partial charge in [-0.25, -0.2) is 17.7 Å². The van der Waals surface area contributed by atoms with Crippen molar-refractivity contribution in [1.29, 1.82) is 0 Å². The molecule has 0 aliphatic heterocycles. The van der Waals surface area contributed by atoms with Crippen molar-refractivity contribution in [3.63, 3.8) is 0 Å². The molecule has 4 radical (unpaired) electrons. The van der Waals surface area contributed by atoms with E-state index < -0.39 is 10.0 Å². The van der Waals surface area contributed by atoms with Gasteiger partial charge in [0.25, 0.3) is 0 Å². The number of phenolic OH excluding ortho intramolecular Hbond substituents is 1. The number of anilines is 1. The molecule has 3 N–H and O–H groups in total. The molecule has 0 fully saturated rings. The molecular weight excluding hydrogens is 410 g/mol. The maximum absolute atomic E-state index is 12.5. The van der Waals surface area contributed by atoms with Crippen LogP contribution in [-0.2, 0) is 10.0 Å². The second-order valence-electron chi connectivity index (χ2n) is 6.91. The number of rotatable bonds is 7. The van der Waals surface area contributed by atoms with Gasteiger partial charge < -0.3 is 10.4 Å². The van der Waals surface area contributed by atoms with Gasteiger partial charge in [0, 0.05) is 24.8 Å². The second kappa shape index (κ2) is 8.49. The van der Waals surface area contributed by atoms with Gasteiger partial charge in [-0.3, -0.25) is 0 Å². The van der Waals surface area contributed by atoms with E-state index in [4.69, 9.17) is 15.7 Å². The lowest BCUT2D eigenvalue weighted by Crippen LogP contribution is -2.32. The van der Waals surface area contributed by atoms with Crippen LogP contribution in [0.15, 0.2) is 71.8 Å². The number of phenols is 1. The van der Waals surface area contributed by atoms with Crippen LogP contribution >= 0.6 is 0 Å². The van der Waals surface area contributed by atoms with Crippen molar-refractivity contribution >= 4 is 48.0 Å². The monoisotopic (exact) mass is 428 g/mol. The van der Waals surface area contributed by atoms with E-state index in [0.717, 1.165) is 5.56 Å². The van der Waals surface area contributed by atoms with Gasteiger partial charge in [-0.2, -0.15) is 5.10 Å². The topological polar surface area (TPSA) is 95.7 Å². The molecule has 0 amide bonds. The first-order valence-corrected chi connectivity index (χ1v) is 11.0. The number of aromatic nitrogens is 2. The van der Waals surface area contributed by atoms with Crippen molar-refractivity contribution in [3.05, 3.63) is 66.9 Å². The van der Waals surface area contributed by atoms with Gasteiger partial charge >= 0.3 is 0 Å². The van der Waals surface area contributed by atoms with Crippen LogP contribution in [0.25, 0.3) is 16.6 Å². The van der Waals surface area contributed by atoms with Crippen molar-refractivity contribution in [2.24, 2.45) is 0 Å². The molecule has 2 heterocycles. The molecule has 0 aliphatic carbocycles. The highest BCUT2D eigenvalue weighted by molar-refractivity contribution is 7.89. The summed E-state index contributed by atoms with van der Waals surface area (Å²) in [5, 5.41) is 17.7. The number of para-hydroxylation sites is 1. The molecule has 0 saturated carbocycles. The average molecular weight is 428 g/mol. The van der Waals surface area contributed by atoms with Crippen LogP contribution in [0.5, 0.6) is 5.75 Å². The van der Waals surface area contributed by atoms with Crippen LogP contribution in [0.3, 0.4) is 0 Å². The maximum atomic E-state index is 12.5. The highest BCUT2D eigenvalue weighted by Gasteiger charge is 2.15. The van der Waals surface area contributed by atoms with E-state index in [9.17, 15) is 13.5 Å². The average Bonchev–Trinajstić information content (AvgIpc) is 3.12. The normalized spacial score (nSPS) is 11.6. The number of benzene rings is 2. The number of hydrogen-bond donors (Lipinski definition) is 3. The van der Waals surface area contributed by atoms with E-state index >= 15 is 0 Å². The van der Waals surface area contributed by atoms with Crippen LogP contribution in [0.2, 0.25) is 0 Å². The van der Waals surface area contributed by atoms with Crippen LogP contribution < -0.4 is 21.0 Å². The summed E-state index contributed by atoms with van der Waals surface area (Å²) in [4.78, 5) is 0.0405. The Morgan fingerprint density at radius 2 is 1.71 bits per heavy atom. The fourth-order valence-corrected chi connectivity index (χ4v) is 4.44. The summed E-state index contributed by atoms with van der Waals surface area (Å²) < 4.78 is 29.1. The van der Waals surface area contributed by atoms with Crippen LogP contribution in [0.1, 0.15) is 0 Å². The fourth-order valence-electron chi connectivity index (χ4n) is 3.28. The minimum Gasteiger partial charge on any atom is -0.507 e. The lowest BCUT2D eigenvalue weighted by atomic mass is 9.96. The molecule has 0 unspecified atom stereocenters. The summed E-state index contributed by atoms with van der Waals surface area (Å²) in [7, 11) is 8.08. The smallest absolute Gasteiger partial charge is 0.240 e. The fraction of sp³-hybridized carbons (Fsp3) is 0.0952. The molecule has 7 nitrogen and oxygen atoms in total. The Balaban J connectivity index is 1.55. The van der Waals surface area contributed by atoms with Crippen molar-refractivity contribution in [2.75, 3.05) is 18.4 Å². The molecule has 0 aliphatic rings. The Bertz CT molecular complexity index is 1360. The summed E-state index contributed by atoms with van der Waals surface area (Å²) in [6, 6.07) is 16.9. The molecule has 4 rings (SSSR count). The Labute approximate surface area is 183 Å². The summed E-state index contributed by atoms with van der Waals surface area (Å²) >= 11 is 0. The number of nitrogens with one attached hydrogen (secondary N) is 2. The molecule has 2 aromatic carbocycles. The third-order valence-electron chi connectivity index (χ3n) is 4.80. The zero-order valence-corrected chi connectivity index (χ0v) is 17.3. The predicted molar refractivity (Wildman–Crippen MR) is 123 cm³/mol. The SMILES string of the molecule is [B]c1ccccc1S(=O)(=O)NCCNc1cc(-c2ccccc2O)cc2c([B])cnn12. The zero-order chi connectivity index (χ0) is 22.0. The summed E-state index contributed by atoms with van der Waals surface area (Å²) in [6.07, 6.45) is 1.54. The first-order valence-electron chi connectivity index (χ1n) is 9.50. The summed E-state index contributed by atoms with van der Waals surface area (Å²) in [5.41, 5.74) is 2.74. The van der Waals surface area contributed by atoms with Crippen molar-refractivity contribution in [1.82, 2.24) is 14.3 Å². The molecule has 2 aromatic heterocycles. The Kier molecular flexibility index (Phi) is 5.75. The minimum absolute atomic E-state index is 0.0405. The van der Waals surface area contributed by atoms with Crippen LogP contribution in [0, 0.1) is 0 Å². The molecule has 4 aromatic rings. The Morgan fingerprint density at radius 3 is 2.48 bits per heavy atom. The van der Waals surface area contributed by atoms with E-state index in [2.05, 4.69) is 15.1 Å². The molecule has 0 atom stereocenters. The summed E-state index contributed by atoms with van der Waals surface area (Å²) in [6.45, 7) is 0.404. The van der Waals surface area contributed by atoms with E-state index in [1.165, 1.54) is 18.3 Å². The number of hydrogen-bond acceptors (Lipinski definition) is 5. The lowest BCUT2D eigenvalue weighted by molar-refractivity contribution is 0.477. The Hall–Kier alpha value is -3.23. The van der Waals surface area contributed by atoms with Gasteiger partial charge in [-0.15, -0.1) is 0 Å². The highest BCUT2D eigenvalue weighted by Crippen LogP contribution is 2.31. The quantitative estimate of drug-likeness (QED) is 0.298. The van der Waals surface area contributed by atoms with Crippen LogP contribution in [-0.4, -0.2) is 51.9 Å². The Morgan fingerprint density at radius 1 is 0.968 bits per heavy atom. The van der Waals surface area contributed by atoms with Crippen molar-refractivity contribution in [3.8, 4) is 16.9 Å². The van der Waals surface area contributed by atoms with Gasteiger partial charge in [0.1, 0.15) is 27.3 Å². The molecule has 152 valence electrons. The van der Waals surface area contributed by atoms with Gasteiger partial charge in [0.15, 0.2) is 0 Å². The third kappa shape index (κ3) is 4.30. The molecule has 0 bridgehead atoms. The lowest BCUT2D eigenvalue weighted by Gasteiger charge is -2.13. The molecule has 10 heteroatoms. The van der Waals surface area contributed by atoms with Crippen molar-refractivity contribution < 1.29 is 13.5 Å².